The molecular weight excluding hydrogens is 308 g/mol. The molecule has 4 rings (SSSR count). The zero-order valence-electron chi connectivity index (χ0n) is 13.1. The smallest absolute Gasteiger partial charge is 0.290 e. The van der Waals surface area contributed by atoms with Gasteiger partial charge in [-0.1, -0.05) is 18.2 Å². The first-order chi connectivity index (χ1) is 11.7. The molecule has 0 fully saturated rings. The summed E-state index contributed by atoms with van der Waals surface area (Å²) in [5.74, 6) is -0.108. The number of furan rings is 1. The predicted octanol–water partition coefficient (Wildman–Crippen LogP) is 1.57. The minimum Gasteiger partial charge on any atom is -0.451 e. The van der Waals surface area contributed by atoms with Gasteiger partial charge in [0.2, 0.25) is 5.91 Å². The molecule has 3 heterocycles. The third kappa shape index (κ3) is 2.25. The number of carbonyl (C=O) groups is 2. The van der Waals surface area contributed by atoms with E-state index >= 15 is 0 Å². The number of carbonyl (C=O) groups excluding carboxylic acids is 2. The van der Waals surface area contributed by atoms with Crippen molar-refractivity contribution in [3.63, 3.8) is 0 Å². The number of benzene rings is 1. The lowest BCUT2D eigenvalue weighted by atomic mass is 10.1. The Morgan fingerprint density at radius 1 is 1.33 bits per heavy atom. The fourth-order valence-corrected chi connectivity index (χ4v) is 3.07. The number of para-hydroxylation sites is 1. The lowest BCUT2D eigenvalue weighted by molar-refractivity contribution is -0.124. The van der Waals surface area contributed by atoms with Crippen LogP contribution in [0.3, 0.4) is 0 Å². The van der Waals surface area contributed by atoms with Crippen LogP contribution in [0.2, 0.25) is 0 Å². The highest BCUT2D eigenvalue weighted by atomic mass is 16.3. The molecule has 122 valence electrons. The number of likely N-dealkylation sites (N-methyl/N-ethyl adjacent to an activating group) is 1. The van der Waals surface area contributed by atoms with Gasteiger partial charge < -0.3 is 19.2 Å². The molecule has 1 atom stereocenters. The van der Waals surface area contributed by atoms with E-state index in [9.17, 15) is 9.59 Å². The summed E-state index contributed by atoms with van der Waals surface area (Å²) in [6.07, 6.45) is 3.30. The summed E-state index contributed by atoms with van der Waals surface area (Å²) in [6.45, 7) is 0.669. The number of hydrogen-bond donors (Lipinski definition) is 1. The summed E-state index contributed by atoms with van der Waals surface area (Å²) in [5, 5.41) is 3.52. The van der Waals surface area contributed by atoms with Crippen LogP contribution in [0.4, 0.5) is 0 Å². The molecule has 0 spiro atoms. The van der Waals surface area contributed by atoms with Crippen molar-refractivity contribution in [1.29, 1.82) is 0 Å². The van der Waals surface area contributed by atoms with Crippen molar-refractivity contribution in [3.05, 3.63) is 54.3 Å². The molecule has 1 unspecified atom stereocenters. The number of nitrogens with one attached hydrogen (secondary N) is 1. The van der Waals surface area contributed by atoms with Gasteiger partial charge >= 0.3 is 0 Å². The molecule has 2 aromatic heterocycles. The predicted molar refractivity (Wildman–Crippen MR) is 86.3 cm³/mol. The number of aromatic nitrogens is 2. The summed E-state index contributed by atoms with van der Waals surface area (Å²) >= 11 is 0. The Hall–Kier alpha value is -3.09. The van der Waals surface area contributed by atoms with Gasteiger partial charge in [0, 0.05) is 18.6 Å². The fourth-order valence-electron chi connectivity index (χ4n) is 3.07. The number of rotatable bonds is 2. The number of nitrogens with zero attached hydrogens (tertiary/aromatic N) is 3. The topological polar surface area (TPSA) is 80.4 Å². The molecule has 0 aliphatic carbocycles. The van der Waals surface area contributed by atoms with Crippen LogP contribution in [0.25, 0.3) is 11.0 Å². The Bertz CT molecular complexity index is 894. The Kier molecular flexibility index (Phi) is 3.34. The molecule has 7 heteroatoms. The lowest BCUT2D eigenvalue weighted by Gasteiger charge is -2.32. The largest absolute Gasteiger partial charge is 0.451 e. The summed E-state index contributed by atoms with van der Waals surface area (Å²) in [6, 6.07) is 8.72. The van der Waals surface area contributed by atoms with Crippen molar-refractivity contribution >= 4 is 22.8 Å². The first-order valence-electron chi connectivity index (χ1n) is 7.67. The monoisotopic (exact) mass is 324 g/mol. The first kappa shape index (κ1) is 14.5. The van der Waals surface area contributed by atoms with Crippen LogP contribution in [0.1, 0.15) is 22.3 Å². The molecule has 2 amide bonds. The molecule has 0 bridgehead atoms. The van der Waals surface area contributed by atoms with Crippen LogP contribution < -0.4 is 5.32 Å². The second-order valence-electron chi connectivity index (χ2n) is 5.76. The minimum absolute atomic E-state index is 0.156. The van der Waals surface area contributed by atoms with Crippen molar-refractivity contribution in [1.82, 2.24) is 19.8 Å². The highest BCUT2D eigenvalue weighted by Crippen LogP contribution is 2.25. The molecule has 0 saturated heterocycles. The van der Waals surface area contributed by atoms with E-state index < -0.39 is 6.04 Å². The normalized spacial score (nSPS) is 16.9. The molecule has 3 aromatic rings. The van der Waals surface area contributed by atoms with Crippen LogP contribution in [0, 0.1) is 0 Å². The van der Waals surface area contributed by atoms with Crippen LogP contribution >= 0.6 is 0 Å². The van der Waals surface area contributed by atoms with Gasteiger partial charge in [0.05, 0.1) is 25.1 Å². The quantitative estimate of drug-likeness (QED) is 0.776. The lowest BCUT2D eigenvalue weighted by Crippen LogP contribution is -2.45. The van der Waals surface area contributed by atoms with Crippen LogP contribution in [0.15, 0.2) is 47.3 Å². The summed E-state index contributed by atoms with van der Waals surface area (Å²) < 4.78 is 7.47. The molecule has 1 aliphatic rings. The van der Waals surface area contributed by atoms with Gasteiger partial charge in [-0.2, -0.15) is 0 Å². The zero-order valence-corrected chi connectivity index (χ0v) is 13.1. The number of fused-ring (bicyclic) bond motifs is 2. The number of imidazole rings is 1. The SMILES string of the molecule is CNC(=O)C1CN(C(=O)c2cc3ccccc3o2)Cc2cncn21. The molecule has 1 N–H and O–H groups in total. The van der Waals surface area contributed by atoms with E-state index in [1.807, 2.05) is 24.3 Å². The van der Waals surface area contributed by atoms with Crippen LogP contribution in [-0.2, 0) is 11.3 Å². The average Bonchev–Trinajstić information content (AvgIpc) is 3.25. The van der Waals surface area contributed by atoms with Crippen LogP contribution in [-0.4, -0.2) is 39.9 Å². The molecule has 0 radical (unpaired) electrons. The van der Waals surface area contributed by atoms with Gasteiger partial charge in [-0.15, -0.1) is 0 Å². The van der Waals surface area contributed by atoms with Crippen molar-refractivity contribution in [2.45, 2.75) is 12.6 Å². The number of amides is 2. The van der Waals surface area contributed by atoms with Crippen molar-refractivity contribution in [3.8, 4) is 0 Å². The number of hydrogen-bond acceptors (Lipinski definition) is 4. The molecule has 7 nitrogen and oxygen atoms in total. The van der Waals surface area contributed by atoms with E-state index in [0.29, 0.717) is 12.1 Å². The van der Waals surface area contributed by atoms with E-state index in [1.165, 1.54) is 0 Å². The van der Waals surface area contributed by atoms with Gasteiger partial charge in [0.1, 0.15) is 11.6 Å². The van der Waals surface area contributed by atoms with Crippen molar-refractivity contribution < 1.29 is 14.0 Å². The van der Waals surface area contributed by atoms with Gasteiger partial charge in [0.25, 0.3) is 5.91 Å². The van der Waals surface area contributed by atoms with Crippen molar-refractivity contribution in [2.24, 2.45) is 0 Å². The van der Waals surface area contributed by atoms with Gasteiger partial charge in [-0.25, -0.2) is 4.98 Å². The van der Waals surface area contributed by atoms with Crippen LogP contribution in [0.5, 0.6) is 0 Å². The summed E-state index contributed by atoms with van der Waals surface area (Å²) in [7, 11) is 1.58. The maximum atomic E-state index is 12.8. The summed E-state index contributed by atoms with van der Waals surface area (Å²) in [5.41, 5.74) is 1.49. The van der Waals surface area contributed by atoms with Gasteiger partial charge in [-0.05, 0) is 12.1 Å². The molecule has 1 aliphatic heterocycles. The Balaban J connectivity index is 1.66. The van der Waals surface area contributed by atoms with E-state index in [4.69, 9.17) is 4.42 Å². The van der Waals surface area contributed by atoms with E-state index in [-0.39, 0.29) is 24.1 Å². The maximum Gasteiger partial charge on any atom is 0.290 e. The molecule has 24 heavy (non-hydrogen) atoms. The van der Waals surface area contributed by atoms with E-state index in [0.717, 1.165) is 11.1 Å². The maximum absolute atomic E-state index is 12.8. The second kappa shape index (κ2) is 5.52. The molecule has 0 saturated carbocycles. The molecular formula is C17H16N4O3. The third-order valence-electron chi connectivity index (χ3n) is 4.30. The first-order valence-corrected chi connectivity index (χ1v) is 7.67. The minimum atomic E-state index is -0.491. The Labute approximate surface area is 137 Å². The van der Waals surface area contributed by atoms with Gasteiger partial charge in [-0.3, -0.25) is 9.59 Å². The fraction of sp³-hybridized carbons (Fsp3) is 0.235. The summed E-state index contributed by atoms with van der Waals surface area (Å²) in [4.78, 5) is 30.7. The Morgan fingerprint density at radius 2 is 2.17 bits per heavy atom. The zero-order chi connectivity index (χ0) is 16.7. The van der Waals surface area contributed by atoms with E-state index in [2.05, 4.69) is 10.3 Å². The average molecular weight is 324 g/mol. The van der Waals surface area contributed by atoms with Crippen molar-refractivity contribution in [2.75, 3.05) is 13.6 Å². The third-order valence-corrected chi connectivity index (χ3v) is 4.30. The molecule has 1 aromatic carbocycles. The highest BCUT2D eigenvalue weighted by Gasteiger charge is 2.33. The highest BCUT2D eigenvalue weighted by molar-refractivity contribution is 5.96. The van der Waals surface area contributed by atoms with E-state index in [1.54, 1.807) is 35.1 Å². The second-order valence-corrected chi connectivity index (χ2v) is 5.76. The standard InChI is InChI=1S/C17H16N4O3/c1-18-16(22)13-9-20(8-12-7-19-10-21(12)13)17(23)15-6-11-4-2-3-5-14(11)24-15/h2-7,10,13H,8-9H2,1H3,(H,18,22). The van der Waals surface area contributed by atoms with Gasteiger partial charge in [0.15, 0.2) is 5.76 Å². The Morgan fingerprint density at radius 3 is 2.96 bits per heavy atom.